The van der Waals surface area contributed by atoms with Crippen LogP contribution in [-0.4, -0.2) is 64.9 Å². The van der Waals surface area contributed by atoms with Gasteiger partial charge in [0.05, 0.1) is 28.4 Å². The van der Waals surface area contributed by atoms with E-state index in [1.54, 1.807) is 33.3 Å². The van der Waals surface area contributed by atoms with Gasteiger partial charge in [0.1, 0.15) is 34.2 Å². The summed E-state index contributed by atoms with van der Waals surface area (Å²) < 4.78 is 32.8. The van der Waals surface area contributed by atoms with Gasteiger partial charge in [-0.25, -0.2) is 9.59 Å². The molecule has 0 fully saturated rings. The first kappa shape index (κ1) is 83.2. The van der Waals surface area contributed by atoms with E-state index in [4.69, 9.17) is 74.8 Å². The van der Waals surface area contributed by atoms with Crippen LogP contribution >= 0.6 is 74.7 Å². The van der Waals surface area contributed by atoms with E-state index in [1.807, 2.05) is 218 Å². The number of ether oxygens (including phenoxy) is 6. The Kier molecular flexibility index (Phi) is 32.0. The second-order valence-corrected chi connectivity index (χ2v) is 28.6. The number of hydrogen-bond acceptors (Lipinski definition) is 9. The van der Waals surface area contributed by atoms with Crippen LogP contribution in [0.4, 0.5) is 26.7 Å². The van der Waals surface area contributed by atoms with E-state index in [1.165, 1.54) is 16.7 Å². The second-order valence-electron chi connectivity index (χ2n) is 26.3. The van der Waals surface area contributed by atoms with Crippen molar-refractivity contribution in [3.63, 3.8) is 0 Å². The molecule has 548 valence electrons. The molecule has 2 amide bonds. The lowest BCUT2D eigenvalue weighted by atomic mass is 9.98. The van der Waals surface area contributed by atoms with E-state index in [-0.39, 0.29) is 18.5 Å². The van der Waals surface area contributed by atoms with E-state index in [2.05, 4.69) is 106 Å². The molecule has 0 bridgehead atoms. The molecule has 11 aromatic carbocycles. The first-order chi connectivity index (χ1) is 49.9. The monoisotopic (exact) mass is 1570 g/mol. The molecule has 0 aliphatic heterocycles. The Labute approximate surface area is 654 Å². The standard InChI is InChI=1S/C27H30ClNO3.C25H26ClNO3.C22H22ClNO.C14H12BrClO.ClH/c1-6-29(26(30)32-27(2,3)4)23-13-10-19(11-14-23)16-20-12-15-25(31-5)24(17-20)21-8-7-9-22(28)18-21;1-25(2,3)30-24(28)27-21-11-8-17(9-12-21)14-18-10-13-23(29-4)22(15-18)19-6-5-7-20(26)16-19;1-3-24-20-10-7-16(8-11-20)13-17-9-12-22(25-2)21(14-17)18-5-4-6-19(23)15-18;1-17-14-6-5-10(9-15)7-13(14)11-3-2-4-12(16)8-11;/h7-15,17-18H,6,16H2,1-5H3;5-13,15-16H,14H2,1-4H3,(H,27,28);4-12,14-15,24H,3,13H2,1-2H3;2-8H,9H2,1H3;1H. The first-order valence-corrected chi connectivity index (χ1v) is 36.8. The number of nitrogens with zero attached hydrogens (tertiary/aromatic N) is 1. The normalized spacial score (nSPS) is 10.8. The fourth-order valence-corrected chi connectivity index (χ4v) is 12.4. The number of hydrogen-bond donors (Lipinski definition) is 2. The number of carbonyl (C=O) groups excluding carboxylic acids is 2. The Morgan fingerprint density at radius 3 is 0.990 bits per heavy atom. The lowest BCUT2D eigenvalue weighted by molar-refractivity contribution is 0.0580. The average Bonchev–Trinajstić information content (AvgIpc) is 0.833. The smallest absolute Gasteiger partial charge is 0.414 e. The summed E-state index contributed by atoms with van der Waals surface area (Å²) in [5, 5.41) is 9.73. The van der Waals surface area contributed by atoms with Crippen LogP contribution in [0.3, 0.4) is 0 Å². The highest BCUT2D eigenvalue weighted by Gasteiger charge is 2.23. The highest BCUT2D eigenvalue weighted by atomic mass is 79.9. The van der Waals surface area contributed by atoms with E-state index in [0.29, 0.717) is 22.3 Å². The fourth-order valence-electron chi connectivity index (χ4n) is 11.3. The predicted molar refractivity (Wildman–Crippen MR) is 445 cm³/mol. The molecule has 11 nitrogen and oxygen atoms in total. The van der Waals surface area contributed by atoms with Crippen LogP contribution in [0.2, 0.25) is 20.1 Å². The summed E-state index contributed by atoms with van der Waals surface area (Å²) in [6.45, 7) is 16.6. The van der Waals surface area contributed by atoms with Gasteiger partial charge in [-0.2, -0.15) is 0 Å². The van der Waals surface area contributed by atoms with Gasteiger partial charge in [0.15, 0.2) is 0 Å². The van der Waals surface area contributed by atoms with Gasteiger partial charge in [-0.1, -0.05) is 172 Å². The van der Waals surface area contributed by atoms with Gasteiger partial charge in [-0.05, 0) is 269 Å². The Hall–Kier alpha value is -9.11. The number of alkyl halides is 1. The van der Waals surface area contributed by atoms with Gasteiger partial charge < -0.3 is 33.7 Å². The van der Waals surface area contributed by atoms with Gasteiger partial charge >= 0.3 is 12.2 Å². The van der Waals surface area contributed by atoms with Crippen LogP contribution in [0, 0.1) is 0 Å². The minimum absolute atomic E-state index is 0. The maximum absolute atomic E-state index is 12.5. The largest absolute Gasteiger partial charge is 0.496 e. The van der Waals surface area contributed by atoms with Crippen LogP contribution in [0.15, 0.2) is 243 Å². The molecule has 0 radical (unpaired) electrons. The van der Waals surface area contributed by atoms with Crippen molar-refractivity contribution in [1.29, 1.82) is 0 Å². The molecular weight excluding hydrogens is 1480 g/mol. The van der Waals surface area contributed by atoms with E-state index >= 15 is 0 Å². The quantitative estimate of drug-likeness (QED) is 0.0720. The third-order valence-corrected chi connectivity index (χ3v) is 17.7. The van der Waals surface area contributed by atoms with Crippen LogP contribution in [-0.2, 0) is 34.1 Å². The maximum atomic E-state index is 12.5. The van der Waals surface area contributed by atoms with Crippen molar-refractivity contribution in [2.45, 2.75) is 91.2 Å². The second kappa shape index (κ2) is 40.4. The summed E-state index contributed by atoms with van der Waals surface area (Å²) in [5.41, 5.74) is 18.2. The van der Waals surface area contributed by atoms with Gasteiger partial charge in [0, 0.05) is 77.8 Å². The first-order valence-electron chi connectivity index (χ1n) is 34.2. The molecule has 105 heavy (non-hydrogen) atoms. The van der Waals surface area contributed by atoms with Gasteiger partial charge in [0.2, 0.25) is 0 Å². The molecule has 0 aliphatic rings. The van der Waals surface area contributed by atoms with Crippen LogP contribution < -0.4 is 34.5 Å². The van der Waals surface area contributed by atoms with Crippen molar-refractivity contribution in [2.75, 3.05) is 57.1 Å². The molecular formula is C88H91BrCl5N3O8. The molecule has 0 spiro atoms. The Morgan fingerprint density at radius 2 is 0.695 bits per heavy atom. The lowest BCUT2D eigenvalue weighted by Gasteiger charge is -2.26. The van der Waals surface area contributed by atoms with Crippen molar-refractivity contribution in [3.8, 4) is 67.5 Å². The molecule has 0 saturated carbocycles. The SMILES string of the molecule is CCN(C(=O)OC(C)(C)C)c1ccc(Cc2ccc(OC)c(-c3cccc(Cl)c3)c2)cc1.CCNc1ccc(Cc2ccc(OC)c(-c3cccc(Cl)c3)c2)cc1.COc1ccc(CBr)cc1-c1cccc(Cl)c1.COc1ccc(Cc2ccc(NC(=O)OC(C)(C)C)cc2)cc1-c1cccc(Cl)c1.Cl. The molecule has 0 aromatic heterocycles. The summed E-state index contributed by atoms with van der Waals surface area (Å²) in [6, 6.07) is 80.3. The zero-order valence-electron chi connectivity index (χ0n) is 61.3. The van der Waals surface area contributed by atoms with E-state index in [9.17, 15) is 9.59 Å². The van der Waals surface area contributed by atoms with Crippen molar-refractivity contribution in [3.05, 3.63) is 302 Å². The summed E-state index contributed by atoms with van der Waals surface area (Å²) in [5.74, 6) is 3.32. The van der Waals surface area contributed by atoms with Crippen LogP contribution in [0.1, 0.15) is 94.3 Å². The number of methoxy groups -OCH3 is 4. The summed E-state index contributed by atoms with van der Waals surface area (Å²) in [4.78, 5) is 26.0. The van der Waals surface area contributed by atoms with Gasteiger partial charge in [0.25, 0.3) is 0 Å². The molecule has 0 atom stereocenters. The number of benzene rings is 11. The van der Waals surface area contributed by atoms with Crippen molar-refractivity contribution in [2.24, 2.45) is 0 Å². The third kappa shape index (κ3) is 25.9. The minimum atomic E-state index is -0.529. The van der Waals surface area contributed by atoms with Crippen LogP contribution in [0.25, 0.3) is 44.5 Å². The molecule has 0 saturated heterocycles. The highest BCUT2D eigenvalue weighted by Crippen LogP contribution is 2.38. The molecule has 11 rings (SSSR count). The number of halogens is 6. The number of anilines is 3. The van der Waals surface area contributed by atoms with E-state index in [0.717, 1.165) is 142 Å². The van der Waals surface area contributed by atoms with Crippen molar-refractivity contribution < 1.29 is 38.0 Å². The zero-order chi connectivity index (χ0) is 74.9. The van der Waals surface area contributed by atoms with Gasteiger partial charge in [-0.15, -0.1) is 12.4 Å². The number of carbonyl (C=O) groups is 2. The Morgan fingerprint density at radius 1 is 0.390 bits per heavy atom. The van der Waals surface area contributed by atoms with Crippen molar-refractivity contribution in [1.82, 2.24) is 0 Å². The highest BCUT2D eigenvalue weighted by molar-refractivity contribution is 9.08. The Bertz CT molecular complexity index is 4620. The fraction of sp³-hybridized carbons (Fsp3) is 0.227. The average molecular weight is 1580 g/mol. The summed E-state index contributed by atoms with van der Waals surface area (Å²) in [7, 11) is 6.71. The van der Waals surface area contributed by atoms with E-state index < -0.39 is 17.3 Å². The minimum Gasteiger partial charge on any atom is -0.496 e. The lowest BCUT2D eigenvalue weighted by Crippen LogP contribution is -2.36. The number of rotatable bonds is 20. The number of nitrogens with one attached hydrogen (secondary N) is 2. The van der Waals surface area contributed by atoms with Crippen molar-refractivity contribution >= 4 is 104 Å². The predicted octanol–water partition coefficient (Wildman–Crippen LogP) is 25.7. The molecule has 17 heteroatoms. The summed E-state index contributed by atoms with van der Waals surface area (Å²) >= 11 is 28.0. The molecule has 11 aromatic rings. The molecule has 0 heterocycles. The third-order valence-electron chi connectivity index (χ3n) is 16.1. The maximum Gasteiger partial charge on any atom is 0.414 e. The topological polar surface area (TPSA) is 117 Å². The summed E-state index contributed by atoms with van der Waals surface area (Å²) in [6.07, 6.45) is 1.59. The molecule has 2 N–H and O–H groups in total. The molecule has 0 aliphatic carbocycles. The zero-order valence-corrected chi connectivity index (χ0v) is 66.8. The Balaban J connectivity index is 0.000000199. The number of amides is 2. The van der Waals surface area contributed by atoms with Gasteiger partial charge in [-0.3, -0.25) is 10.2 Å². The molecule has 0 unspecified atom stereocenters. The van der Waals surface area contributed by atoms with Crippen LogP contribution in [0.5, 0.6) is 23.0 Å².